The van der Waals surface area contributed by atoms with Crippen molar-refractivity contribution in [3.8, 4) is 11.5 Å². The molecule has 4 heteroatoms. The molecule has 3 rings (SSSR count). The van der Waals surface area contributed by atoms with Gasteiger partial charge in [-0.15, -0.1) is 0 Å². The van der Waals surface area contributed by atoms with Crippen molar-refractivity contribution in [2.24, 2.45) is 4.99 Å². The monoisotopic (exact) mass is 435 g/mol. The number of aliphatic imine (C=N–C) groups is 1. The molecule has 0 amide bonds. The average molecular weight is 436 g/mol. The first-order valence-corrected chi connectivity index (χ1v) is 12.0. The lowest BCUT2D eigenvalue weighted by atomic mass is 10.1. The Morgan fingerprint density at radius 1 is 0.906 bits per heavy atom. The molecule has 32 heavy (non-hydrogen) atoms. The van der Waals surface area contributed by atoms with E-state index in [1.807, 2.05) is 54.7 Å². The summed E-state index contributed by atoms with van der Waals surface area (Å²) in [5.41, 5.74) is 3.16. The largest absolute Gasteiger partial charge is 0.494 e. The standard InChI is InChI=1S/C28H37NO3/c1-3-4-5-6-7-8-9-19-31-26-16-12-25(13-17-26)29-21-24-10-14-27(15-11-24)32-28-22-30-20-18-23(28)2/h10-18,21,28H,3-9,19-20,22H2,1-2H3/t28-/m1/s1. The van der Waals surface area contributed by atoms with E-state index in [-0.39, 0.29) is 6.10 Å². The molecule has 0 saturated carbocycles. The van der Waals surface area contributed by atoms with Crippen molar-refractivity contribution in [3.63, 3.8) is 0 Å². The molecule has 0 radical (unpaired) electrons. The number of nitrogens with zero attached hydrogens (tertiary/aromatic N) is 1. The highest BCUT2D eigenvalue weighted by molar-refractivity contribution is 5.82. The van der Waals surface area contributed by atoms with Gasteiger partial charge < -0.3 is 14.2 Å². The van der Waals surface area contributed by atoms with E-state index in [0.717, 1.165) is 35.8 Å². The summed E-state index contributed by atoms with van der Waals surface area (Å²) in [5.74, 6) is 1.75. The van der Waals surface area contributed by atoms with Crippen LogP contribution in [0.4, 0.5) is 5.69 Å². The van der Waals surface area contributed by atoms with Crippen molar-refractivity contribution < 1.29 is 14.2 Å². The third-order valence-electron chi connectivity index (χ3n) is 5.67. The number of ether oxygens (including phenoxy) is 3. The maximum absolute atomic E-state index is 6.02. The first kappa shape index (κ1) is 24.1. The summed E-state index contributed by atoms with van der Waals surface area (Å²) in [6, 6.07) is 16.0. The molecule has 1 aliphatic heterocycles. The summed E-state index contributed by atoms with van der Waals surface area (Å²) in [5, 5.41) is 0. The third kappa shape index (κ3) is 8.51. The number of benzene rings is 2. The fraction of sp³-hybridized carbons (Fsp3) is 0.464. The normalized spacial score (nSPS) is 16.2. The molecule has 0 unspecified atom stereocenters. The molecular weight excluding hydrogens is 398 g/mol. The number of rotatable bonds is 13. The van der Waals surface area contributed by atoms with E-state index in [1.165, 1.54) is 44.1 Å². The SMILES string of the molecule is CCCCCCCCCOc1ccc(N=Cc2ccc(O[C@@H]3COCC=C3C)cc2)cc1. The van der Waals surface area contributed by atoms with Crippen LogP contribution in [0.15, 0.2) is 65.2 Å². The summed E-state index contributed by atoms with van der Waals surface area (Å²) in [7, 11) is 0. The van der Waals surface area contributed by atoms with Crippen molar-refractivity contribution in [2.75, 3.05) is 19.8 Å². The van der Waals surface area contributed by atoms with E-state index >= 15 is 0 Å². The van der Waals surface area contributed by atoms with Crippen molar-refractivity contribution >= 4 is 11.9 Å². The second kappa shape index (κ2) is 13.7. The topological polar surface area (TPSA) is 40.0 Å². The van der Waals surface area contributed by atoms with Crippen LogP contribution < -0.4 is 9.47 Å². The molecule has 0 aromatic heterocycles. The minimum absolute atomic E-state index is 0.00482. The molecular formula is C28H37NO3. The third-order valence-corrected chi connectivity index (χ3v) is 5.67. The van der Waals surface area contributed by atoms with Gasteiger partial charge >= 0.3 is 0 Å². The van der Waals surface area contributed by atoms with Gasteiger partial charge in [0.2, 0.25) is 0 Å². The predicted octanol–water partition coefficient (Wildman–Crippen LogP) is 7.29. The fourth-order valence-electron chi connectivity index (χ4n) is 3.58. The lowest BCUT2D eigenvalue weighted by Gasteiger charge is -2.23. The molecule has 1 heterocycles. The molecule has 0 bridgehead atoms. The molecule has 1 atom stereocenters. The van der Waals surface area contributed by atoms with E-state index in [9.17, 15) is 0 Å². The fourth-order valence-corrected chi connectivity index (χ4v) is 3.58. The van der Waals surface area contributed by atoms with Crippen LogP contribution in [0.5, 0.6) is 11.5 Å². The quantitative estimate of drug-likeness (QED) is 0.188. The van der Waals surface area contributed by atoms with E-state index in [1.54, 1.807) is 0 Å². The highest BCUT2D eigenvalue weighted by Gasteiger charge is 2.16. The van der Waals surface area contributed by atoms with Crippen LogP contribution in [0.3, 0.4) is 0 Å². The highest BCUT2D eigenvalue weighted by atomic mass is 16.5. The van der Waals surface area contributed by atoms with E-state index in [0.29, 0.717) is 13.2 Å². The molecule has 1 aliphatic rings. The van der Waals surface area contributed by atoms with Gasteiger partial charge in [-0.1, -0.05) is 51.5 Å². The first-order chi connectivity index (χ1) is 15.7. The summed E-state index contributed by atoms with van der Waals surface area (Å²) >= 11 is 0. The molecule has 0 spiro atoms. The van der Waals surface area contributed by atoms with Gasteiger partial charge in [0.05, 0.1) is 25.5 Å². The summed E-state index contributed by atoms with van der Waals surface area (Å²) in [6.07, 6.45) is 13.0. The van der Waals surface area contributed by atoms with Crippen molar-refractivity contribution in [1.82, 2.24) is 0 Å². The van der Waals surface area contributed by atoms with Crippen LogP contribution in [0.2, 0.25) is 0 Å². The zero-order valence-electron chi connectivity index (χ0n) is 19.6. The van der Waals surface area contributed by atoms with Crippen LogP contribution in [-0.2, 0) is 4.74 Å². The van der Waals surface area contributed by atoms with E-state index in [4.69, 9.17) is 14.2 Å². The van der Waals surface area contributed by atoms with Crippen LogP contribution in [-0.4, -0.2) is 32.1 Å². The average Bonchev–Trinajstić information content (AvgIpc) is 2.82. The Kier molecular flexibility index (Phi) is 10.3. The Bertz CT molecular complexity index is 840. The first-order valence-electron chi connectivity index (χ1n) is 12.0. The zero-order chi connectivity index (χ0) is 22.4. The lowest BCUT2D eigenvalue weighted by Crippen LogP contribution is -2.28. The molecule has 0 saturated heterocycles. The number of unbranched alkanes of at least 4 members (excludes halogenated alkanes) is 6. The highest BCUT2D eigenvalue weighted by Crippen LogP contribution is 2.21. The lowest BCUT2D eigenvalue weighted by molar-refractivity contribution is 0.0681. The Morgan fingerprint density at radius 2 is 1.59 bits per heavy atom. The Hall–Kier alpha value is -2.59. The van der Waals surface area contributed by atoms with Gasteiger partial charge in [0.15, 0.2) is 0 Å². The van der Waals surface area contributed by atoms with Gasteiger partial charge in [-0.05, 0) is 73.0 Å². The summed E-state index contributed by atoms with van der Waals surface area (Å²) in [4.78, 5) is 4.57. The Labute approximate surface area is 193 Å². The van der Waals surface area contributed by atoms with Crippen molar-refractivity contribution in [1.29, 1.82) is 0 Å². The maximum Gasteiger partial charge on any atom is 0.143 e. The van der Waals surface area contributed by atoms with Crippen LogP contribution in [0.25, 0.3) is 0 Å². The molecule has 0 N–H and O–H groups in total. The maximum atomic E-state index is 6.02. The Balaban J connectivity index is 1.38. The number of hydrogen-bond donors (Lipinski definition) is 0. The zero-order valence-corrected chi connectivity index (χ0v) is 19.6. The smallest absolute Gasteiger partial charge is 0.143 e. The minimum atomic E-state index is -0.00482. The van der Waals surface area contributed by atoms with Gasteiger partial charge in [0.25, 0.3) is 0 Å². The van der Waals surface area contributed by atoms with E-state index in [2.05, 4.69) is 24.9 Å². The van der Waals surface area contributed by atoms with Crippen LogP contribution in [0.1, 0.15) is 64.4 Å². The van der Waals surface area contributed by atoms with E-state index < -0.39 is 0 Å². The van der Waals surface area contributed by atoms with Crippen molar-refractivity contribution in [3.05, 3.63) is 65.7 Å². The second-order valence-electron chi connectivity index (χ2n) is 8.38. The van der Waals surface area contributed by atoms with Gasteiger partial charge in [0, 0.05) is 6.21 Å². The van der Waals surface area contributed by atoms with Crippen molar-refractivity contribution in [2.45, 2.75) is 64.9 Å². The van der Waals surface area contributed by atoms with Gasteiger partial charge in [-0.3, -0.25) is 4.99 Å². The minimum Gasteiger partial charge on any atom is -0.494 e. The molecule has 2 aromatic rings. The second-order valence-corrected chi connectivity index (χ2v) is 8.38. The molecule has 2 aromatic carbocycles. The summed E-state index contributed by atoms with van der Waals surface area (Å²) in [6.45, 7) is 6.40. The van der Waals surface area contributed by atoms with Gasteiger partial charge in [-0.2, -0.15) is 0 Å². The van der Waals surface area contributed by atoms with Crippen LogP contribution in [0, 0.1) is 0 Å². The number of hydrogen-bond acceptors (Lipinski definition) is 4. The Morgan fingerprint density at radius 3 is 2.31 bits per heavy atom. The molecule has 0 aliphatic carbocycles. The van der Waals surface area contributed by atoms with Crippen LogP contribution >= 0.6 is 0 Å². The van der Waals surface area contributed by atoms with Gasteiger partial charge in [0.1, 0.15) is 17.6 Å². The molecule has 172 valence electrons. The molecule has 4 nitrogen and oxygen atoms in total. The van der Waals surface area contributed by atoms with Gasteiger partial charge in [-0.25, -0.2) is 0 Å². The molecule has 0 fully saturated rings. The predicted molar refractivity (Wildman–Crippen MR) is 133 cm³/mol. The summed E-state index contributed by atoms with van der Waals surface area (Å²) < 4.78 is 17.3.